The number of hydrogen-bond donors (Lipinski definition) is 2. The highest BCUT2D eigenvalue weighted by Gasteiger charge is 2.36. The molecule has 26 heavy (non-hydrogen) atoms. The Balaban J connectivity index is 1.52. The number of halogens is 1. The van der Waals surface area contributed by atoms with E-state index in [-0.39, 0.29) is 18.5 Å². The van der Waals surface area contributed by atoms with Crippen LogP contribution in [-0.2, 0) is 4.79 Å². The molecule has 2 heterocycles. The van der Waals surface area contributed by atoms with Crippen molar-refractivity contribution < 1.29 is 14.6 Å². The van der Waals surface area contributed by atoms with Gasteiger partial charge in [0.05, 0.1) is 24.8 Å². The number of β-amino-alcohol motifs (C(OH)–C–C–N with tert-alkyl or cyclic N) is 1. The van der Waals surface area contributed by atoms with Crippen LogP contribution in [0.25, 0.3) is 0 Å². The van der Waals surface area contributed by atoms with Gasteiger partial charge in [-0.25, -0.2) is 0 Å². The number of aliphatic hydroxyl groups is 1. The molecule has 2 N–H and O–H groups in total. The molecule has 2 aliphatic heterocycles. The Labute approximate surface area is 159 Å². The number of hydrogen-bond acceptors (Lipinski definition) is 6. The predicted molar refractivity (Wildman–Crippen MR) is 102 cm³/mol. The lowest BCUT2D eigenvalue weighted by atomic mass is 10.1. The fourth-order valence-corrected chi connectivity index (χ4v) is 3.82. The minimum Gasteiger partial charge on any atom is -0.495 e. The third kappa shape index (κ3) is 4.66. The van der Waals surface area contributed by atoms with Gasteiger partial charge >= 0.3 is 0 Å². The van der Waals surface area contributed by atoms with E-state index in [4.69, 9.17) is 16.3 Å². The SMILES string of the molecule is COc1cc(NC(=O)CN2C[C@@H](O)[C@H](N3CCN(C)CC3)C2)ccc1Cl. The van der Waals surface area contributed by atoms with E-state index in [1.165, 1.54) is 7.11 Å². The second-order valence-electron chi connectivity index (χ2n) is 7.07. The van der Waals surface area contributed by atoms with Gasteiger partial charge in [0.2, 0.25) is 5.91 Å². The maximum Gasteiger partial charge on any atom is 0.238 e. The van der Waals surface area contributed by atoms with Gasteiger partial charge in [0.15, 0.2) is 0 Å². The highest BCUT2D eigenvalue weighted by molar-refractivity contribution is 6.32. The number of piperazine rings is 1. The summed E-state index contributed by atoms with van der Waals surface area (Å²) in [4.78, 5) is 19.0. The highest BCUT2D eigenvalue weighted by Crippen LogP contribution is 2.27. The summed E-state index contributed by atoms with van der Waals surface area (Å²) in [5.41, 5.74) is 0.645. The topological polar surface area (TPSA) is 68.3 Å². The summed E-state index contributed by atoms with van der Waals surface area (Å²) >= 11 is 6.00. The van der Waals surface area contributed by atoms with E-state index in [1.807, 2.05) is 4.90 Å². The van der Waals surface area contributed by atoms with Crippen LogP contribution in [0.2, 0.25) is 5.02 Å². The number of methoxy groups -OCH3 is 1. The lowest BCUT2D eigenvalue weighted by Gasteiger charge is -2.37. The van der Waals surface area contributed by atoms with Crippen molar-refractivity contribution in [1.82, 2.24) is 14.7 Å². The molecule has 144 valence electrons. The molecule has 0 aliphatic carbocycles. The summed E-state index contributed by atoms with van der Waals surface area (Å²) in [6.45, 7) is 5.44. The van der Waals surface area contributed by atoms with Gasteiger partial charge in [-0.3, -0.25) is 14.6 Å². The summed E-state index contributed by atoms with van der Waals surface area (Å²) in [5, 5.41) is 13.8. The molecule has 1 amide bonds. The number of likely N-dealkylation sites (tertiary alicyclic amines) is 1. The van der Waals surface area contributed by atoms with Crippen molar-refractivity contribution in [3.05, 3.63) is 23.2 Å². The number of amides is 1. The van der Waals surface area contributed by atoms with E-state index >= 15 is 0 Å². The van der Waals surface area contributed by atoms with Crippen LogP contribution in [-0.4, -0.2) is 97.8 Å². The molecule has 7 nitrogen and oxygen atoms in total. The Morgan fingerprint density at radius 1 is 1.31 bits per heavy atom. The van der Waals surface area contributed by atoms with Crippen molar-refractivity contribution in [1.29, 1.82) is 0 Å². The number of nitrogens with zero attached hydrogens (tertiary/aromatic N) is 3. The molecule has 0 aromatic heterocycles. The number of aliphatic hydroxyl groups excluding tert-OH is 1. The van der Waals surface area contributed by atoms with Crippen molar-refractivity contribution in [3.63, 3.8) is 0 Å². The maximum absolute atomic E-state index is 12.4. The molecule has 0 radical (unpaired) electrons. The molecule has 2 aliphatic rings. The lowest BCUT2D eigenvalue weighted by molar-refractivity contribution is -0.117. The molecule has 0 saturated carbocycles. The van der Waals surface area contributed by atoms with Crippen LogP contribution in [0.5, 0.6) is 5.75 Å². The molecule has 8 heteroatoms. The van der Waals surface area contributed by atoms with Crippen LogP contribution >= 0.6 is 11.6 Å². The number of benzene rings is 1. The fourth-order valence-electron chi connectivity index (χ4n) is 3.63. The number of anilines is 1. The van der Waals surface area contributed by atoms with Crippen LogP contribution in [0, 0.1) is 0 Å². The van der Waals surface area contributed by atoms with Crippen LogP contribution in [0.4, 0.5) is 5.69 Å². The first-order valence-corrected chi connectivity index (χ1v) is 9.30. The van der Waals surface area contributed by atoms with E-state index in [0.29, 0.717) is 29.5 Å². The zero-order valence-corrected chi connectivity index (χ0v) is 16.1. The fraction of sp³-hybridized carbons (Fsp3) is 0.611. The average Bonchev–Trinajstić information content (AvgIpc) is 2.97. The van der Waals surface area contributed by atoms with Crippen molar-refractivity contribution >= 4 is 23.2 Å². The van der Waals surface area contributed by atoms with E-state index in [2.05, 4.69) is 22.2 Å². The third-order valence-electron chi connectivity index (χ3n) is 5.14. The van der Waals surface area contributed by atoms with Gasteiger partial charge in [-0.1, -0.05) is 11.6 Å². The zero-order chi connectivity index (χ0) is 18.7. The smallest absolute Gasteiger partial charge is 0.238 e. The van der Waals surface area contributed by atoms with Gasteiger partial charge in [-0.2, -0.15) is 0 Å². The van der Waals surface area contributed by atoms with E-state index in [1.54, 1.807) is 18.2 Å². The molecule has 0 spiro atoms. The Bertz CT molecular complexity index is 637. The maximum atomic E-state index is 12.4. The minimum atomic E-state index is -0.415. The van der Waals surface area contributed by atoms with Gasteiger partial charge in [-0.05, 0) is 19.2 Å². The molecule has 0 bridgehead atoms. The van der Waals surface area contributed by atoms with E-state index in [9.17, 15) is 9.90 Å². The molecule has 0 unspecified atom stereocenters. The molecular weight excluding hydrogens is 356 g/mol. The number of carbonyl (C=O) groups excluding carboxylic acids is 1. The number of rotatable bonds is 5. The first kappa shape index (κ1) is 19.4. The third-order valence-corrected chi connectivity index (χ3v) is 5.46. The molecular formula is C18H27ClN4O3. The van der Waals surface area contributed by atoms with Crippen LogP contribution in [0.1, 0.15) is 0 Å². The average molecular weight is 383 g/mol. The second-order valence-corrected chi connectivity index (χ2v) is 7.47. The van der Waals surface area contributed by atoms with Crippen molar-refractivity contribution in [2.75, 3.05) is 65.3 Å². The quantitative estimate of drug-likeness (QED) is 0.776. The van der Waals surface area contributed by atoms with Crippen LogP contribution in [0.3, 0.4) is 0 Å². The lowest BCUT2D eigenvalue weighted by Crippen LogP contribution is -2.52. The second kappa shape index (κ2) is 8.54. The van der Waals surface area contributed by atoms with Crippen molar-refractivity contribution in [2.24, 2.45) is 0 Å². The number of carbonyl (C=O) groups is 1. The largest absolute Gasteiger partial charge is 0.495 e. The number of nitrogens with one attached hydrogen (secondary N) is 1. The van der Waals surface area contributed by atoms with Crippen molar-refractivity contribution in [2.45, 2.75) is 12.1 Å². The molecule has 3 rings (SSSR count). The van der Waals surface area contributed by atoms with E-state index in [0.717, 1.165) is 26.2 Å². The summed E-state index contributed by atoms with van der Waals surface area (Å²) in [6, 6.07) is 5.24. The van der Waals surface area contributed by atoms with E-state index < -0.39 is 6.10 Å². The first-order chi connectivity index (χ1) is 12.5. The Morgan fingerprint density at radius 2 is 2.04 bits per heavy atom. The first-order valence-electron chi connectivity index (χ1n) is 8.92. The van der Waals surface area contributed by atoms with Crippen LogP contribution < -0.4 is 10.1 Å². The minimum absolute atomic E-state index is 0.104. The number of ether oxygens (including phenoxy) is 1. The molecule has 2 fully saturated rings. The van der Waals surface area contributed by atoms with Gasteiger partial charge in [0, 0.05) is 57.1 Å². The molecule has 1 aromatic rings. The van der Waals surface area contributed by atoms with Gasteiger partial charge in [-0.15, -0.1) is 0 Å². The highest BCUT2D eigenvalue weighted by atomic mass is 35.5. The summed E-state index contributed by atoms with van der Waals surface area (Å²) in [7, 11) is 3.65. The molecule has 2 atom stereocenters. The monoisotopic (exact) mass is 382 g/mol. The zero-order valence-electron chi connectivity index (χ0n) is 15.3. The molecule has 2 saturated heterocycles. The number of likely N-dealkylation sites (N-methyl/N-ethyl adjacent to an activating group) is 1. The Morgan fingerprint density at radius 3 is 2.73 bits per heavy atom. The Kier molecular flexibility index (Phi) is 6.37. The summed E-state index contributed by atoms with van der Waals surface area (Å²) in [5.74, 6) is 0.414. The van der Waals surface area contributed by atoms with Gasteiger partial charge in [0.25, 0.3) is 0 Å². The van der Waals surface area contributed by atoms with Gasteiger partial charge < -0.3 is 20.1 Å². The van der Waals surface area contributed by atoms with Crippen LogP contribution in [0.15, 0.2) is 18.2 Å². The van der Waals surface area contributed by atoms with Gasteiger partial charge in [0.1, 0.15) is 5.75 Å². The summed E-state index contributed by atoms with van der Waals surface area (Å²) in [6.07, 6.45) is -0.415. The standard InChI is InChI=1S/C18H27ClN4O3/c1-21-5-7-23(8-6-21)15-10-22(11-16(15)24)12-18(25)20-13-3-4-14(19)17(9-13)26-2/h3-4,9,15-16,24H,5-8,10-12H2,1-2H3,(H,20,25)/t15-,16-/m1/s1. The normalized spacial score (nSPS) is 25.4. The Hall–Kier alpha value is -1.38. The summed E-state index contributed by atoms with van der Waals surface area (Å²) < 4.78 is 5.17. The molecule has 1 aromatic carbocycles. The predicted octanol–water partition coefficient (Wildman–Crippen LogP) is 0.580. The van der Waals surface area contributed by atoms with Crippen molar-refractivity contribution in [3.8, 4) is 5.75 Å².